The van der Waals surface area contributed by atoms with E-state index >= 15 is 0 Å². The summed E-state index contributed by atoms with van der Waals surface area (Å²) < 4.78 is 24.6. The maximum atomic E-state index is 12.3. The highest BCUT2D eigenvalue weighted by Gasteiger charge is 2.25. The van der Waals surface area contributed by atoms with E-state index in [2.05, 4.69) is 20.8 Å². The van der Waals surface area contributed by atoms with Crippen LogP contribution in [-0.2, 0) is 0 Å². The van der Waals surface area contributed by atoms with E-state index in [-0.39, 0.29) is 11.7 Å². The molecule has 1 rings (SSSR count). The molecule has 19 heavy (non-hydrogen) atoms. The van der Waals surface area contributed by atoms with Gasteiger partial charge in [0.2, 0.25) is 5.13 Å². The van der Waals surface area contributed by atoms with Gasteiger partial charge < -0.3 is 10.4 Å². The lowest BCUT2D eigenvalue weighted by Gasteiger charge is -2.27. The number of alkyl halides is 2. The molecule has 0 saturated carbocycles. The maximum absolute atomic E-state index is 12.3. The molecule has 0 fully saturated rings. The Hall–Kier alpha value is -1.35. The van der Waals surface area contributed by atoms with Crippen LogP contribution in [-0.4, -0.2) is 33.5 Å². The summed E-state index contributed by atoms with van der Waals surface area (Å²) in [5.41, 5.74) is -0.755. The van der Waals surface area contributed by atoms with Gasteiger partial charge in [-0.15, -0.1) is 10.2 Å². The molecule has 0 radical (unpaired) electrons. The molecule has 108 valence electrons. The fourth-order valence-electron chi connectivity index (χ4n) is 1.51. The summed E-state index contributed by atoms with van der Waals surface area (Å²) in [5.74, 6) is 0. The molecule has 1 aromatic rings. The first kappa shape index (κ1) is 15.7. The number of carbonyl (C=O) groups excluding carboxylic acids is 1. The second kappa shape index (κ2) is 6.71. The van der Waals surface area contributed by atoms with Crippen molar-refractivity contribution in [2.45, 2.75) is 38.7 Å². The van der Waals surface area contributed by atoms with Gasteiger partial charge in [0.15, 0.2) is 5.01 Å². The molecule has 3 N–H and O–H groups in total. The molecule has 0 aliphatic carbocycles. The first-order valence-corrected chi connectivity index (χ1v) is 6.53. The van der Waals surface area contributed by atoms with Gasteiger partial charge in [0.1, 0.15) is 0 Å². The van der Waals surface area contributed by atoms with Crippen LogP contribution in [0.3, 0.4) is 0 Å². The lowest BCUT2D eigenvalue weighted by atomic mass is 9.98. The number of urea groups is 1. The molecule has 1 unspecified atom stereocenters. The second-order valence-corrected chi connectivity index (χ2v) is 5.30. The van der Waals surface area contributed by atoms with Crippen molar-refractivity contribution < 1.29 is 18.7 Å². The van der Waals surface area contributed by atoms with Gasteiger partial charge in [0, 0.05) is 0 Å². The molecule has 6 nitrogen and oxygen atoms in total. The third kappa shape index (κ3) is 4.67. The largest absolute Gasteiger partial charge is 0.394 e. The van der Waals surface area contributed by atoms with Crippen LogP contribution in [0.5, 0.6) is 0 Å². The predicted molar refractivity (Wildman–Crippen MR) is 67.4 cm³/mol. The molecular weight excluding hydrogens is 278 g/mol. The van der Waals surface area contributed by atoms with E-state index in [1.165, 1.54) is 0 Å². The Morgan fingerprint density at radius 1 is 1.53 bits per heavy atom. The zero-order valence-electron chi connectivity index (χ0n) is 10.6. The van der Waals surface area contributed by atoms with E-state index in [4.69, 9.17) is 0 Å². The second-order valence-electron chi connectivity index (χ2n) is 4.29. The number of aliphatic hydroxyl groups is 1. The standard InChI is InChI=1S/C10H16F2N4O2S/c1-3-4-10(2,5-17)14-8(18)13-9-16-15-7(19-9)6(11)12/h6,17H,3-5H2,1-2H3,(H2,13,14,16,18). The van der Waals surface area contributed by atoms with Crippen molar-refractivity contribution in [1.29, 1.82) is 0 Å². The van der Waals surface area contributed by atoms with Crippen molar-refractivity contribution in [3.05, 3.63) is 5.01 Å². The highest BCUT2D eigenvalue weighted by molar-refractivity contribution is 7.15. The minimum absolute atomic E-state index is 0.00964. The molecular formula is C10H16F2N4O2S. The molecule has 0 spiro atoms. The average molecular weight is 294 g/mol. The van der Waals surface area contributed by atoms with Crippen molar-refractivity contribution in [3.63, 3.8) is 0 Å². The zero-order valence-corrected chi connectivity index (χ0v) is 11.4. The van der Waals surface area contributed by atoms with Crippen molar-refractivity contribution in [2.75, 3.05) is 11.9 Å². The molecule has 1 heterocycles. The highest BCUT2D eigenvalue weighted by Crippen LogP contribution is 2.25. The van der Waals surface area contributed by atoms with Crippen molar-refractivity contribution >= 4 is 22.5 Å². The number of nitrogens with zero attached hydrogens (tertiary/aromatic N) is 2. The Morgan fingerprint density at radius 2 is 2.21 bits per heavy atom. The van der Waals surface area contributed by atoms with Crippen LogP contribution in [0.4, 0.5) is 18.7 Å². The van der Waals surface area contributed by atoms with Crippen LogP contribution in [0.25, 0.3) is 0 Å². The Kier molecular flexibility index (Phi) is 5.55. The molecule has 0 saturated heterocycles. The molecule has 1 aromatic heterocycles. The molecule has 1 atom stereocenters. The number of nitrogens with one attached hydrogen (secondary N) is 2. The van der Waals surface area contributed by atoms with Crippen LogP contribution in [0.15, 0.2) is 0 Å². The normalized spacial score (nSPS) is 14.2. The summed E-state index contributed by atoms with van der Waals surface area (Å²) in [6.07, 6.45) is -1.33. The predicted octanol–water partition coefficient (Wildman–Crippen LogP) is 2.15. The van der Waals surface area contributed by atoms with Crippen LogP contribution in [0.1, 0.15) is 38.1 Å². The van der Waals surface area contributed by atoms with E-state index in [0.29, 0.717) is 17.8 Å². The molecule has 0 bridgehead atoms. The quantitative estimate of drug-likeness (QED) is 0.750. The number of hydrogen-bond acceptors (Lipinski definition) is 5. The zero-order chi connectivity index (χ0) is 14.5. The summed E-state index contributed by atoms with van der Waals surface area (Å²) in [7, 11) is 0. The summed E-state index contributed by atoms with van der Waals surface area (Å²) >= 11 is 0.610. The summed E-state index contributed by atoms with van der Waals surface area (Å²) in [4.78, 5) is 11.7. The van der Waals surface area contributed by atoms with Crippen molar-refractivity contribution in [1.82, 2.24) is 15.5 Å². The van der Waals surface area contributed by atoms with Crippen molar-refractivity contribution in [3.8, 4) is 0 Å². The number of hydrogen-bond donors (Lipinski definition) is 3. The Bertz CT molecular complexity index is 429. The number of halogens is 2. The molecule has 0 aromatic carbocycles. The third-order valence-corrected chi connectivity index (χ3v) is 3.26. The maximum Gasteiger partial charge on any atom is 0.321 e. The Morgan fingerprint density at radius 3 is 2.68 bits per heavy atom. The van der Waals surface area contributed by atoms with Crippen LogP contribution in [0.2, 0.25) is 0 Å². The van der Waals surface area contributed by atoms with Gasteiger partial charge in [-0.1, -0.05) is 24.7 Å². The number of carbonyl (C=O) groups is 1. The van der Waals surface area contributed by atoms with Crippen LogP contribution >= 0.6 is 11.3 Å². The monoisotopic (exact) mass is 294 g/mol. The number of aliphatic hydroxyl groups excluding tert-OH is 1. The van der Waals surface area contributed by atoms with Gasteiger partial charge in [-0.2, -0.15) is 0 Å². The summed E-state index contributed by atoms with van der Waals surface area (Å²) in [6, 6.07) is -0.609. The topological polar surface area (TPSA) is 87.1 Å². The summed E-state index contributed by atoms with van der Waals surface area (Å²) in [5, 5.41) is 20.4. The lowest BCUT2D eigenvalue weighted by Crippen LogP contribution is -2.50. The van der Waals surface area contributed by atoms with E-state index in [1.807, 2.05) is 6.92 Å². The molecule has 9 heteroatoms. The van der Waals surface area contributed by atoms with Gasteiger partial charge in [-0.3, -0.25) is 5.32 Å². The lowest BCUT2D eigenvalue weighted by molar-refractivity contribution is 0.150. The molecule has 0 aliphatic heterocycles. The van der Waals surface area contributed by atoms with Gasteiger partial charge in [0.05, 0.1) is 12.1 Å². The molecule has 0 aliphatic rings. The first-order valence-electron chi connectivity index (χ1n) is 5.72. The number of rotatable bonds is 6. The first-order chi connectivity index (χ1) is 8.90. The van der Waals surface area contributed by atoms with E-state index in [1.54, 1.807) is 6.92 Å². The van der Waals surface area contributed by atoms with Crippen LogP contribution in [0, 0.1) is 0 Å². The number of amides is 2. The smallest absolute Gasteiger partial charge is 0.321 e. The summed E-state index contributed by atoms with van der Waals surface area (Å²) in [6.45, 7) is 3.40. The molecule has 2 amide bonds. The Balaban J connectivity index is 2.59. The fraction of sp³-hybridized carbons (Fsp3) is 0.700. The SMILES string of the molecule is CCCC(C)(CO)NC(=O)Nc1nnc(C(F)F)s1. The van der Waals surface area contributed by atoms with Gasteiger partial charge in [0.25, 0.3) is 6.43 Å². The third-order valence-electron chi connectivity index (χ3n) is 2.41. The van der Waals surface area contributed by atoms with Crippen molar-refractivity contribution in [2.24, 2.45) is 0 Å². The van der Waals surface area contributed by atoms with Gasteiger partial charge in [-0.25, -0.2) is 13.6 Å². The van der Waals surface area contributed by atoms with E-state index in [0.717, 1.165) is 6.42 Å². The minimum Gasteiger partial charge on any atom is -0.394 e. The van der Waals surface area contributed by atoms with Gasteiger partial charge in [-0.05, 0) is 13.3 Å². The van der Waals surface area contributed by atoms with E-state index in [9.17, 15) is 18.7 Å². The number of anilines is 1. The van der Waals surface area contributed by atoms with Gasteiger partial charge >= 0.3 is 6.03 Å². The van der Waals surface area contributed by atoms with Crippen LogP contribution < -0.4 is 10.6 Å². The Labute approximate surface area is 113 Å². The minimum atomic E-state index is -2.71. The average Bonchev–Trinajstić information content (AvgIpc) is 2.77. The number of aromatic nitrogens is 2. The fourth-order valence-corrected chi connectivity index (χ4v) is 2.10. The highest BCUT2D eigenvalue weighted by atomic mass is 32.1. The van der Waals surface area contributed by atoms with E-state index < -0.39 is 23.0 Å².